The van der Waals surface area contributed by atoms with Gasteiger partial charge >= 0.3 is 5.97 Å². The lowest BCUT2D eigenvalue weighted by atomic mass is 10.1. The van der Waals surface area contributed by atoms with Crippen LogP contribution in [0.4, 0.5) is 5.69 Å². The van der Waals surface area contributed by atoms with Gasteiger partial charge in [-0.25, -0.2) is 4.79 Å². The molecule has 0 saturated heterocycles. The summed E-state index contributed by atoms with van der Waals surface area (Å²) in [4.78, 5) is 24.0. The van der Waals surface area contributed by atoms with Crippen LogP contribution in [0.5, 0.6) is 0 Å². The number of thioether (sulfide) groups is 1. The largest absolute Gasteiger partial charge is 0.465 e. The lowest BCUT2D eigenvalue weighted by molar-refractivity contribution is -0.113. The van der Waals surface area contributed by atoms with Gasteiger partial charge in [0.2, 0.25) is 5.91 Å². The van der Waals surface area contributed by atoms with E-state index in [1.165, 1.54) is 18.9 Å². The molecule has 0 fully saturated rings. The number of carbonyl (C=O) groups excluding carboxylic acids is 2. The van der Waals surface area contributed by atoms with Crippen LogP contribution in [0.15, 0.2) is 53.7 Å². The standard InChI is InChI=1S/C21H22N4O3S/c1-4-25-19(15-8-5-7-14(2)11-15)23-24-21(25)29-13-18(26)22-17-10-6-9-16(12-17)20(27)28-3/h5-12H,4,13H2,1-3H3,(H,22,26). The zero-order chi connectivity index (χ0) is 20.8. The minimum Gasteiger partial charge on any atom is -0.465 e. The van der Waals surface area contributed by atoms with Crippen LogP contribution in [0.2, 0.25) is 0 Å². The smallest absolute Gasteiger partial charge is 0.337 e. The number of carbonyl (C=O) groups is 2. The molecule has 0 aliphatic rings. The van der Waals surface area contributed by atoms with E-state index in [-0.39, 0.29) is 11.7 Å². The molecule has 1 amide bonds. The number of methoxy groups -OCH3 is 1. The van der Waals surface area contributed by atoms with Gasteiger partial charge < -0.3 is 14.6 Å². The number of aromatic nitrogens is 3. The molecule has 8 heteroatoms. The van der Waals surface area contributed by atoms with Gasteiger partial charge in [-0.2, -0.15) is 0 Å². The van der Waals surface area contributed by atoms with E-state index in [2.05, 4.69) is 21.6 Å². The number of rotatable bonds is 7. The molecule has 0 bridgehead atoms. The van der Waals surface area contributed by atoms with Gasteiger partial charge in [-0.05, 0) is 38.1 Å². The SMILES string of the molecule is CCn1c(SCC(=O)Nc2cccc(C(=O)OC)c2)nnc1-c1cccc(C)c1. The summed E-state index contributed by atoms with van der Waals surface area (Å²) < 4.78 is 6.69. The second-order valence-electron chi connectivity index (χ2n) is 6.33. The van der Waals surface area contributed by atoms with Crippen LogP contribution >= 0.6 is 11.8 Å². The van der Waals surface area contributed by atoms with Gasteiger partial charge in [-0.3, -0.25) is 4.79 Å². The van der Waals surface area contributed by atoms with E-state index in [4.69, 9.17) is 4.74 Å². The van der Waals surface area contributed by atoms with Crippen molar-refractivity contribution < 1.29 is 14.3 Å². The number of esters is 1. The number of hydrogen-bond acceptors (Lipinski definition) is 6. The summed E-state index contributed by atoms with van der Waals surface area (Å²) >= 11 is 1.32. The van der Waals surface area contributed by atoms with Gasteiger partial charge in [-0.15, -0.1) is 10.2 Å². The van der Waals surface area contributed by atoms with Crippen molar-refractivity contribution >= 4 is 29.3 Å². The highest BCUT2D eigenvalue weighted by atomic mass is 32.2. The third kappa shape index (κ3) is 5.03. The zero-order valence-electron chi connectivity index (χ0n) is 16.5. The van der Waals surface area contributed by atoms with Crippen molar-refractivity contribution in [2.75, 3.05) is 18.2 Å². The predicted octanol–water partition coefficient (Wildman–Crippen LogP) is 3.79. The molecule has 2 aromatic carbocycles. The monoisotopic (exact) mass is 410 g/mol. The second kappa shape index (κ2) is 9.38. The Hall–Kier alpha value is -3.13. The maximum absolute atomic E-state index is 12.4. The van der Waals surface area contributed by atoms with Gasteiger partial charge in [0.05, 0.1) is 18.4 Å². The molecule has 0 aliphatic heterocycles. The number of nitrogens with one attached hydrogen (secondary N) is 1. The normalized spacial score (nSPS) is 10.6. The summed E-state index contributed by atoms with van der Waals surface area (Å²) in [5.41, 5.74) is 3.06. The number of amides is 1. The molecular formula is C21H22N4O3S. The molecule has 1 N–H and O–H groups in total. The first-order valence-corrected chi connectivity index (χ1v) is 10.1. The van der Waals surface area contributed by atoms with E-state index < -0.39 is 5.97 Å². The van der Waals surface area contributed by atoms with Crippen molar-refractivity contribution in [3.05, 3.63) is 59.7 Å². The van der Waals surface area contributed by atoms with Crippen LogP contribution in [0.3, 0.4) is 0 Å². The van der Waals surface area contributed by atoms with Gasteiger partial charge in [0.25, 0.3) is 0 Å². The minimum atomic E-state index is -0.449. The van der Waals surface area contributed by atoms with Crippen molar-refractivity contribution in [1.29, 1.82) is 0 Å². The molecule has 1 aromatic heterocycles. The molecule has 0 aliphatic carbocycles. The quantitative estimate of drug-likeness (QED) is 0.471. The zero-order valence-corrected chi connectivity index (χ0v) is 17.3. The van der Waals surface area contributed by atoms with E-state index in [1.54, 1.807) is 24.3 Å². The topological polar surface area (TPSA) is 86.1 Å². The van der Waals surface area contributed by atoms with E-state index in [0.29, 0.717) is 23.0 Å². The molecule has 29 heavy (non-hydrogen) atoms. The Bertz CT molecular complexity index is 1030. The molecule has 7 nitrogen and oxygen atoms in total. The fourth-order valence-electron chi connectivity index (χ4n) is 2.85. The maximum atomic E-state index is 12.4. The number of ether oxygens (including phenoxy) is 1. The Morgan fingerprint density at radius 3 is 2.66 bits per heavy atom. The van der Waals surface area contributed by atoms with Crippen molar-refractivity contribution in [3.63, 3.8) is 0 Å². The van der Waals surface area contributed by atoms with Crippen molar-refractivity contribution in [2.24, 2.45) is 0 Å². The fourth-order valence-corrected chi connectivity index (χ4v) is 3.65. The van der Waals surface area contributed by atoms with Crippen molar-refractivity contribution in [1.82, 2.24) is 14.8 Å². The van der Waals surface area contributed by atoms with Crippen LogP contribution in [-0.2, 0) is 16.1 Å². The molecule has 0 saturated carbocycles. The van der Waals surface area contributed by atoms with Crippen LogP contribution < -0.4 is 5.32 Å². The van der Waals surface area contributed by atoms with Crippen LogP contribution in [0.1, 0.15) is 22.8 Å². The first-order chi connectivity index (χ1) is 14.0. The molecule has 0 unspecified atom stereocenters. The Labute approximate surface area is 173 Å². The Morgan fingerprint density at radius 1 is 1.14 bits per heavy atom. The lowest BCUT2D eigenvalue weighted by Gasteiger charge is -2.09. The Morgan fingerprint density at radius 2 is 1.93 bits per heavy atom. The van der Waals surface area contributed by atoms with E-state index in [9.17, 15) is 9.59 Å². The Balaban J connectivity index is 1.67. The summed E-state index contributed by atoms with van der Waals surface area (Å²) in [6.45, 7) is 4.75. The average Bonchev–Trinajstić information content (AvgIpc) is 3.15. The van der Waals surface area contributed by atoms with E-state index in [1.807, 2.05) is 36.6 Å². The summed E-state index contributed by atoms with van der Waals surface area (Å²) in [6, 6.07) is 14.7. The molecule has 150 valence electrons. The first kappa shape index (κ1) is 20.6. The molecule has 3 aromatic rings. The fraction of sp³-hybridized carbons (Fsp3) is 0.238. The number of aryl methyl sites for hydroxylation is 1. The predicted molar refractivity (Wildman–Crippen MR) is 113 cm³/mol. The highest BCUT2D eigenvalue weighted by molar-refractivity contribution is 7.99. The van der Waals surface area contributed by atoms with Gasteiger partial charge in [0.1, 0.15) is 0 Å². The Kier molecular flexibility index (Phi) is 6.66. The van der Waals surface area contributed by atoms with Crippen molar-refractivity contribution in [2.45, 2.75) is 25.5 Å². The van der Waals surface area contributed by atoms with Crippen LogP contribution in [0, 0.1) is 6.92 Å². The van der Waals surface area contributed by atoms with E-state index in [0.717, 1.165) is 17.0 Å². The maximum Gasteiger partial charge on any atom is 0.337 e. The lowest BCUT2D eigenvalue weighted by Crippen LogP contribution is -2.15. The highest BCUT2D eigenvalue weighted by Crippen LogP contribution is 2.24. The molecule has 1 heterocycles. The second-order valence-corrected chi connectivity index (χ2v) is 7.27. The molecule has 0 atom stereocenters. The third-order valence-corrected chi connectivity index (χ3v) is 5.18. The number of nitrogens with zero attached hydrogens (tertiary/aromatic N) is 3. The average molecular weight is 410 g/mol. The van der Waals surface area contributed by atoms with Gasteiger partial charge in [0.15, 0.2) is 11.0 Å². The van der Waals surface area contributed by atoms with Crippen molar-refractivity contribution in [3.8, 4) is 11.4 Å². The van der Waals surface area contributed by atoms with E-state index >= 15 is 0 Å². The number of hydrogen-bond donors (Lipinski definition) is 1. The molecule has 0 radical (unpaired) electrons. The number of anilines is 1. The summed E-state index contributed by atoms with van der Waals surface area (Å²) in [5, 5.41) is 12.0. The summed E-state index contributed by atoms with van der Waals surface area (Å²) in [7, 11) is 1.32. The summed E-state index contributed by atoms with van der Waals surface area (Å²) in [5.74, 6) is 0.314. The van der Waals surface area contributed by atoms with Crippen LogP contribution in [0.25, 0.3) is 11.4 Å². The molecule has 0 spiro atoms. The van der Waals surface area contributed by atoms with Crippen LogP contribution in [-0.4, -0.2) is 39.5 Å². The van der Waals surface area contributed by atoms with Gasteiger partial charge in [-0.1, -0.05) is 41.6 Å². The molecular weight excluding hydrogens is 388 g/mol. The number of benzene rings is 2. The third-order valence-electron chi connectivity index (χ3n) is 4.21. The minimum absolute atomic E-state index is 0.175. The first-order valence-electron chi connectivity index (χ1n) is 9.13. The van der Waals surface area contributed by atoms with Gasteiger partial charge in [0, 0.05) is 17.8 Å². The summed E-state index contributed by atoms with van der Waals surface area (Å²) in [6.07, 6.45) is 0. The highest BCUT2D eigenvalue weighted by Gasteiger charge is 2.15. The molecule has 3 rings (SSSR count).